The Labute approximate surface area is 97.2 Å². The van der Waals surface area contributed by atoms with Crippen LogP contribution < -0.4 is 0 Å². The molecule has 0 amide bonds. The molecule has 0 saturated carbocycles. The van der Waals surface area contributed by atoms with Crippen LogP contribution in [0, 0.1) is 16.0 Å². The Bertz CT molecular complexity index is 363. The fourth-order valence-electron chi connectivity index (χ4n) is 1.51. The molecule has 1 rings (SSSR count). The van der Waals surface area contributed by atoms with Gasteiger partial charge in [0, 0.05) is 9.80 Å². The van der Waals surface area contributed by atoms with Gasteiger partial charge in [-0.3, -0.25) is 14.9 Å². The molecule has 0 aliphatic heterocycles. The summed E-state index contributed by atoms with van der Waals surface area (Å²) in [5.74, 6) is -1.34. The topological polar surface area (TPSA) is 69.4 Å². The number of hydrogen-bond donors (Lipinski definition) is 0. The summed E-state index contributed by atoms with van der Waals surface area (Å²) in [4.78, 5) is 22.4. The van der Waals surface area contributed by atoms with E-state index in [4.69, 9.17) is 0 Å². The van der Waals surface area contributed by atoms with Gasteiger partial charge in [0.2, 0.25) is 6.54 Å². The molecule has 0 aromatic carbocycles. The van der Waals surface area contributed by atoms with Crippen molar-refractivity contribution in [1.29, 1.82) is 0 Å². The van der Waals surface area contributed by atoms with Gasteiger partial charge in [0.1, 0.15) is 0 Å². The lowest BCUT2D eigenvalue weighted by molar-refractivity contribution is -0.484. The van der Waals surface area contributed by atoms with Crippen molar-refractivity contribution in [1.82, 2.24) is 0 Å². The van der Waals surface area contributed by atoms with Gasteiger partial charge in [-0.05, 0) is 11.4 Å². The number of hydrogen-bond acceptors (Lipinski definition) is 5. The standard InChI is InChI=1S/C10H13NO4S/c1-7(10(12)15-2)8(6-11(13)14)9-4-3-5-16-9/h3-5,7-8H,6H2,1-2H3. The Hall–Kier alpha value is -1.43. The first-order valence-corrected chi connectivity index (χ1v) is 5.67. The minimum atomic E-state index is -0.506. The van der Waals surface area contributed by atoms with E-state index in [1.165, 1.54) is 18.4 Å². The van der Waals surface area contributed by atoms with Crippen molar-refractivity contribution in [2.75, 3.05) is 13.7 Å². The van der Waals surface area contributed by atoms with E-state index in [9.17, 15) is 14.9 Å². The Morgan fingerprint density at radius 3 is 2.81 bits per heavy atom. The summed E-state index contributed by atoms with van der Waals surface area (Å²) in [5.41, 5.74) is 0. The van der Waals surface area contributed by atoms with Crippen LogP contribution in [-0.4, -0.2) is 24.5 Å². The highest BCUT2D eigenvalue weighted by molar-refractivity contribution is 7.10. The number of esters is 1. The molecule has 0 fully saturated rings. The maximum Gasteiger partial charge on any atom is 0.309 e. The molecule has 16 heavy (non-hydrogen) atoms. The van der Waals surface area contributed by atoms with Crippen LogP contribution in [0.2, 0.25) is 0 Å². The molecule has 1 aromatic rings. The van der Waals surface area contributed by atoms with Crippen LogP contribution in [0.4, 0.5) is 0 Å². The first kappa shape index (κ1) is 12.6. The zero-order valence-corrected chi connectivity index (χ0v) is 9.90. The average molecular weight is 243 g/mol. The summed E-state index contributed by atoms with van der Waals surface area (Å²) in [6.07, 6.45) is 0. The molecule has 0 N–H and O–H groups in total. The van der Waals surface area contributed by atoms with Crippen molar-refractivity contribution in [2.45, 2.75) is 12.8 Å². The van der Waals surface area contributed by atoms with E-state index in [0.29, 0.717) is 0 Å². The van der Waals surface area contributed by atoms with Crippen LogP contribution in [0.15, 0.2) is 17.5 Å². The smallest absolute Gasteiger partial charge is 0.309 e. The van der Waals surface area contributed by atoms with Gasteiger partial charge >= 0.3 is 5.97 Å². The van der Waals surface area contributed by atoms with Crippen LogP contribution in [-0.2, 0) is 9.53 Å². The second-order valence-corrected chi connectivity index (χ2v) is 4.43. The fourth-order valence-corrected chi connectivity index (χ4v) is 2.43. The van der Waals surface area contributed by atoms with Crippen LogP contribution in [0.1, 0.15) is 17.7 Å². The van der Waals surface area contributed by atoms with Crippen LogP contribution >= 0.6 is 11.3 Å². The summed E-state index contributed by atoms with van der Waals surface area (Å²) in [5, 5.41) is 12.4. The molecule has 2 atom stereocenters. The number of nitrogens with zero attached hydrogens (tertiary/aromatic N) is 1. The summed E-state index contributed by atoms with van der Waals surface area (Å²) >= 11 is 1.42. The monoisotopic (exact) mass is 243 g/mol. The van der Waals surface area contributed by atoms with Crippen molar-refractivity contribution in [3.8, 4) is 0 Å². The number of methoxy groups -OCH3 is 1. The van der Waals surface area contributed by atoms with E-state index < -0.39 is 22.7 Å². The number of carbonyl (C=O) groups is 1. The molecule has 0 bridgehead atoms. The van der Waals surface area contributed by atoms with Gasteiger partial charge in [0.25, 0.3) is 0 Å². The highest BCUT2D eigenvalue weighted by Crippen LogP contribution is 2.29. The van der Waals surface area contributed by atoms with Crippen molar-refractivity contribution in [3.63, 3.8) is 0 Å². The van der Waals surface area contributed by atoms with Gasteiger partial charge in [-0.2, -0.15) is 0 Å². The van der Waals surface area contributed by atoms with Gasteiger partial charge in [0.05, 0.1) is 18.9 Å². The lowest BCUT2D eigenvalue weighted by atomic mass is 9.92. The first-order valence-electron chi connectivity index (χ1n) is 4.79. The second-order valence-electron chi connectivity index (χ2n) is 3.45. The zero-order chi connectivity index (χ0) is 12.1. The number of thiophene rings is 1. The maximum atomic E-state index is 11.4. The molecule has 2 unspecified atom stereocenters. The highest BCUT2D eigenvalue weighted by Gasteiger charge is 2.31. The normalized spacial score (nSPS) is 14.1. The minimum absolute atomic E-state index is 0.253. The number of ether oxygens (including phenoxy) is 1. The van der Waals surface area contributed by atoms with Crippen LogP contribution in [0.5, 0.6) is 0 Å². The Balaban J connectivity index is 2.87. The van der Waals surface area contributed by atoms with Gasteiger partial charge in [-0.15, -0.1) is 11.3 Å². The van der Waals surface area contributed by atoms with E-state index in [2.05, 4.69) is 4.74 Å². The Kier molecular flexibility index (Phi) is 4.42. The molecule has 6 heteroatoms. The lowest BCUT2D eigenvalue weighted by Crippen LogP contribution is -2.25. The maximum absolute atomic E-state index is 11.4. The number of nitro groups is 1. The first-order chi connectivity index (χ1) is 7.56. The van der Waals surface area contributed by atoms with E-state index in [1.807, 2.05) is 11.4 Å². The molecule has 88 valence electrons. The lowest BCUT2D eigenvalue weighted by Gasteiger charge is -2.16. The number of rotatable bonds is 5. The molecule has 5 nitrogen and oxygen atoms in total. The summed E-state index contributed by atoms with van der Waals surface area (Å²) in [7, 11) is 1.29. The molecular weight excluding hydrogens is 230 g/mol. The predicted molar refractivity (Wildman–Crippen MR) is 60.1 cm³/mol. The number of carbonyl (C=O) groups excluding carboxylic acids is 1. The van der Waals surface area contributed by atoms with Crippen molar-refractivity contribution in [2.24, 2.45) is 5.92 Å². The molecular formula is C10H13NO4S. The molecule has 0 spiro atoms. The van der Waals surface area contributed by atoms with Crippen LogP contribution in [0.3, 0.4) is 0 Å². The van der Waals surface area contributed by atoms with Gasteiger partial charge in [0.15, 0.2) is 0 Å². The third kappa shape index (κ3) is 3.03. The quantitative estimate of drug-likeness (QED) is 0.450. The molecule has 0 saturated heterocycles. The van der Waals surface area contributed by atoms with Crippen molar-refractivity contribution < 1.29 is 14.5 Å². The van der Waals surface area contributed by atoms with Gasteiger partial charge in [-0.25, -0.2) is 0 Å². The second kappa shape index (κ2) is 5.60. The fraction of sp³-hybridized carbons (Fsp3) is 0.500. The molecule has 0 radical (unpaired) electrons. The van der Waals surface area contributed by atoms with E-state index in [1.54, 1.807) is 13.0 Å². The molecule has 1 aromatic heterocycles. The van der Waals surface area contributed by atoms with Crippen LogP contribution in [0.25, 0.3) is 0 Å². The highest BCUT2D eigenvalue weighted by atomic mass is 32.1. The average Bonchev–Trinajstić information content (AvgIpc) is 2.76. The van der Waals surface area contributed by atoms with E-state index >= 15 is 0 Å². The molecule has 1 heterocycles. The van der Waals surface area contributed by atoms with E-state index in [0.717, 1.165) is 4.88 Å². The minimum Gasteiger partial charge on any atom is -0.469 e. The third-order valence-corrected chi connectivity index (χ3v) is 3.44. The SMILES string of the molecule is COC(=O)C(C)C(C[N+](=O)[O-])c1cccs1. The summed E-state index contributed by atoms with van der Waals surface area (Å²) < 4.78 is 4.62. The van der Waals surface area contributed by atoms with Gasteiger partial charge in [-0.1, -0.05) is 13.0 Å². The third-order valence-electron chi connectivity index (χ3n) is 2.43. The van der Waals surface area contributed by atoms with Crippen molar-refractivity contribution in [3.05, 3.63) is 32.5 Å². The summed E-state index contributed by atoms with van der Waals surface area (Å²) in [6, 6.07) is 3.62. The predicted octanol–water partition coefficient (Wildman–Crippen LogP) is 1.92. The molecule has 0 aliphatic carbocycles. The van der Waals surface area contributed by atoms with Gasteiger partial charge < -0.3 is 4.74 Å². The summed E-state index contributed by atoms with van der Waals surface area (Å²) in [6.45, 7) is 1.40. The van der Waals surface area contributed by atoms with E-state index in [-0.39, 0.29) is 6.54 Å². The molecule has 0 aliphatic rings. The van der Waals surface area contributed by atoms with Crippen molar-refractivity contribution >= 4 is 17.3 Å². The Morgan fingerprint density at radius 2 is 2.38 bits per heavy atom. The zero-order valence-electron chi connectivity index (χ0n) is 9.08. The Morgan fingerprint density at radius 1 is 1.69 bits per heavy atom. The largest absolute Gasteiger partial charge is 0.469 e.